The van der Waals surface area contributed by atoms with Crippen LogP contribution in [0.15, 0.2) is 17.0 Å². The van der Waals surface area contributed by atoms with Crippen LogP contribution in [0.1, 0.15) is 18.4 Å². The van der Waals surface area contributed by atoms with Crippen LogP contribution in [0.3, 0.4) is 0 Å². The summed E-state index contributed by atoms with van der Waals surface area (Å²) in [6.45, 7) is 1.46. The molecule has 7 nitrogen and oxygen atoms in total. The van der Waals surface area contributed by atoms with Crippen molar-refractivity contribution in [3.8, 4) is 0 Å². The fourth-order valence-corrected chi connectivity index (χ4v) is 3.37. The lowest BCUT2D eigenvalue weighted by Crippen LogP contribution is -2.32. The zero-order valence-corrected chi connectivity index (χ0v) is 12.9. The number of halogens is 1. The zero-order valence-electron chi connectivity index (χ0n) is 11.3. The Morgan fingerprint density at radius 1 is 1.48 bits per heavy atom. The molecule has 0 heterocycles. The van der Waals surface area contributed by atoms with E-state index in [0.717, 1.165) is 18.9 Å². The van der Waals surface area contributed by atoms with Crippen LogP contribution in [-0.4, -0.2) is 31.6 Å². The predicted octanol–water partition coefficient (Wildman–Crippen LogP) is 1.61. The third kappa shape index (κ3) is 3.34. The van der Waals surface area contributed by atoms with E-state index >= 15 is 0 Å². The summed E-state index contributed by atoms with van der Waals surface area (Å²) in [7, 11) is -3.91. The molecular weight excluding hydrogens is 320 g/mol. The number of hydrogen-bond donors (Lipinski definition) is 2. The Bertz CT molecular complexity index is 685. The standard InChI is InChI=1S/C12H15ClN2O5S/c1-8-10(13)4-9(5-11(8)15(17)18)21(19,20)14-6-12(7-16)2-3-12/h4-5,14,16H,2-3,6-7H2,1H3. The van der Waals surface area contributed by atoms with E-state index in [1.165, 1.54) is 13.0 Å². The van der Waals surface area contributed by atoms with Gasteiger partial charge in [-0.15, -0.1) is 0 Å². The molecule has 0 amide bonds. The summed E-state index contributed by atoms with van der Waals surface area (Å²) in [6.07, 6.45) is 1.50. The van der Waals surface area contributed by atoms with Gasteiger partial charge in [0.2, 0.25) is 10.0 Å². The van der Waals surface area contributed by atoms with Gasteiger partial charge in [-0.2, -0.15) is 0 Å². The average Bonchev–Trinajstić information content (AvgIpc) is 3.20. The summed E-state index contributed by atoms with van der Waals surface area (Å²) in [5, 5.41) is 20.1. The summed E-state index contributed by atoms with van der Waals surface area (Å²) in [5.41, 5.74) is -0.520. The number of nitrogens with zero attached hydrogens (tertiary/aromatic N) is 1. The minimum atomic E-state index is -3.91. The molecule has 0 radical (unpaired) electrons. The molecule has 0 bridgehead atoms. The van der Waals surface area contributed by atoms with Crippen LogP contribution in [0.2, 0.25) is 5.02 Å². The van der Waals surface area contributed by atoms with Crippen LogP contribution >= 0.6 is 11.6 Å². The smallest absolute Gasteiger partial charge is 0.275 e. The van der Waals surface area contributed by atoms with Crippen molar-refractivity contribution in [2.24, 2.45) is 5.41 Å². The number of rotatable bonds is 6. The van der Waals surface area contributed by atoms with Crippen molar-refractivity contribution in [2.75, 3.05) is 13.2 Å². The normalized spacial score (nSPS) is 16.7. The van der Waals surface area contributed by atoms with Crippen molar-refractivity contribution in [2.45, 2.75) is 24.7 Å². The number of benzene rings is 1. The van der Waals surface area contributed by atoms with E-state index in [9.17, 15) is 23.6 Å². The Kier molecular flexibility index (Phi) is 4.25. The first-order chi connectivity index (χ1) is 9.71. The number of aliphatic hydroxyl groups is 1. The fraction of sp³-hybridized carbons (Fsp3) is 0.500. The summed E-state index contributed by atoms with van der Waals surface area (Å²) < 4.78 is 26.7. The first-order valence-corrected chi connectivity index (χ1v) is 8.12. The number of nitro benzene ring substituents is 1. The van der Waals surface area contributed by atoms with E-state index in [0.29, 0.717) is 0 Å². The maximum atomic E-state index is 12.2. The molecule has 1 aromatic carbocycles. The van der Waals surface area contributed by atoms with Crippen LogP contribution < -0.4 is 4.72 Å². The summed E-state index contributed by atoms with van der Waals surface area (Å²) in [5.74, 6) is 0. The highest BCUT2D eigenvalue weighted by atomic mass is 35.5. The molecular formula is C12H15ClN2O5S. The van der Waals surface area contributed by atoms with Gasteiger partial charge in [-0.05, 0) is 25.8 Å². The van der Waals surface area contributed by atoms with Crippen LogP contribution in [0.25, 0.3) is 0 Å². The van der Waals surface area contributed by atoms with E-state index < -0.39 is 20.4 Å². The molecule has 0 unspecified atom stereocenters. The molecule has 1 saturated carbocycles. The third-order valence-corrected chi connectivity index (χ3v) is 5.50. The van der Waals surface area contributed by atoms with Crippen molar-refractivity contribution < 1.29 is 18.4 Å². The van der Waals surface area contributed by atoms with E-state index in [1.54, 1.807) is 0 Å². The van der Waals surface area contributed by atoms with Gasteiger partial charge in [-0.3, -0.25) is 10.1 Å². The summed E-state index contributed by atoms with van der Waals surface area (Å²) >= 11 is 5.86. The van der Waals surface area contributed by atoms with Gasteiger partial charge in [-0.1, -0.05) is 11.6 Å². The molecule has 1 aliphatic carbocycles. The number of hydrogen-bond acceptors (Lipinski definition) is 5. The highest BCUT2D eigenvalue weighted by Gasteiger charge is 2.42. The molecule has 1 aromatic rings. The summed E-state index contributed by atoms with van der Waals surface area (Å²) in [4.78, 5) is 10.0. The van der Waals surface area contributed by atoms with Crippen molar-refractivity contribution >= 4 is 27.3 Å². The maximum absolute atomic E-state index is 12.2. The Hall–Kier alpha value is -1.22. The molecule has 2 N–H and O–H groups in total. The molecule has 21 heavy (non-hydrogen) atoms. The molecule has 0 spiro atoms. The average molecular weight is 335 g/mol. The Morgan fingerprint density at radius 2 is 2.10 bits per heavy atom. The van der Waals surface area contributed by atoms with Gasteiger partial charge in [-0.25, -0.2) is 13.1 Å². The Labute approximate surface area is 127 Å². The van der Waals surface area contributed by atoms with Crippen molar-refractivity contribution in [3.63, 3.8) is 0 Å². The quantitative estimate of drug-likeness (QED) is 0.606. The lowest BCUT2D eigenvalue weighted by atomic mass is 10.1. The van der Waals surface area contributed by atoms with Gasteiger partial charge in [0.1, 0.15) is 0 Å². The SMILES string of the molecule is Cc1c(Cl)cc(S(=O)(=O)NCC2(CO)CC2)cc1[N+](=O)[O-]. The minimum Gasteiger partial charge on any atom is -0.396 e. The number of sulfonamides is 1. The van der Waals surface area contributed by atoms with E-state index in [2.05, 4.69) is 4.72 Å². The van der Waals surface area contributed by atoms with Crippen molar-refractivity contribution in [1.29, 1.82) is 0 Å². The van der Waals surface area contributed by atoms with E-state index in [1.807, 2.05) is 0 Å². The topological polar surface area (TPSA) is 110 Å². The van der Waals surface area contributed by atoms with Crippen LogP contribution in [0.5, 0.6) is 0 Å². The van der Waals surface area contributed by atoms with Gasteiger partial charge >= 0.3 is 0 Å². The maximum Gasteiger partial charge on any atom is 0.275 e. The molecule has 116 valence electrons. The molecule has 2 rings (SSSR count). The molecule has 9 heteroatoms. The van der Waals surface area contributed by atoms with E-state index in [-0.39, 0.29) is 34.3 Å². The largest absolute Gasteiger partial charge is 0.396 e. The molecule has 1 aliphatic rings. The highest BCUT2D eigenvalue weighted by Crippen LogP contribution is 2.44. The van der Waals surface area contributed by atoms with Gasteiger partial charge in [0.15, 0.2) is 0 Å². The van der Waals surface area contributed by atoms with Gasteiger partial charge in [0, 0.05) is 30.2 Å². The highest BCUT2D eigenvalue weighted by molar-refractivity contribution is 7.89. The molecule has 0 saturated heterocycles. The lowest BCUT2D eigenvalue weighted by molar-refractivity contribution is -0.385. The van der Waals surface area contributed by atoms with Gasteiger partial charge in [0.05, 0.1) is 14.8 Å². The van der Waals surface area contributed by atoms with Crippen LogP contribution in [0.4, 0.5) is 5.69 Å². The Morgan fingerprint density at radius 3 is 2.57 bits per heavy atom. The second kappa shape index (κ2) is 5.53. The lowest BCUT2D eigenvalue weighted by Gasteiger charge is -2.13. The van der Waals surface area contributed by atoms with Crippen LogP contribution in [-0.2, 0) is 10.0 Å². The number of nitro groups is 1. The first kappa shape index (κ1) is 16.2. The number of aliphatic hydroxyl groups excluding tert-OH is 1. The molecule has 0 aliphatic heterocycles. The Balaban J connectivity index is 2.30. The second-order valence-electron chi connectivity index (χ2n) is 5.29. The number of nitrogens with one attached hydrogen (secondary N) is 1. The monoisotopic (exact) mass is 334 g/mol. The van der Waals surface area contributed by atoms with Gasteiger partial charge < -0.3 is 5.11 Å². The molecule has 0 atom stereocenters. The van der Waals surface area contributed by atoms with Crippen LogP contribution in [0, 0.1) is 22.5 Å². The zero-order chi connectivity index (χ0) is 15.8. The fourth-order valence-electron chi connectivity index (χ4n) is 1.88. The second-order valence-corrected chi connectivity index (χ2v) is 7.46. The van der Waals surface area contributed by atoms with Crippen molar-refractivity contribution in [1.82, 2.24) is 4.72 Å². The van der Waals surface area contributed by atoms with Gasteiger partial charge in [0.25, 0.3) is 5.69 Å². The van der Waals surface area contributed by atoms with Crippen molar-refractivity contribution in [3.05, 3.63) is 32.8 Å². The summed E-state index contributed by atoms with van der Waals surface area (Å²) in [6, 6.07) is 2.17. The molecule has 1 fully saturated rings. The van der Waals surface area contributed by atoms with E-state index in [4.69, 9.17) is 11.6 Å². The first-order valence-electron chi connectivity index (χ1n) is 6.26. The minimum absolute atomic E-state index is 0.0212. The molecule has 0 aromatic heterocycles. The predicted molar refractivity (Wildman–Crippen MR) is 76.8 cm³/mol. The third-order valence-electron chi connectivity index (χ3n) is 3.73.